The Kier molecular flexibility index (Phi) is 5.56. The molecule has 4 nitrogen and oxygen atoms in total. The molecule has 0 aromatic heterocycles. The minimum Gasteiger partial charge on any atom is -0.466 e. The molecule has 0 aromatic carbocycles. The van der Waals surface area contributed by atoms with Gasteiger partial charge < -0.3 is 10.1 Å². The minimum absolute atomic E-state index is 0.115. The number of hydrogen-bond donors (Lipinski definition) is 1. The maximum Gasteiger partial charge on any atom is 0.307 e. The van der Waals surface area contributed by atoms with Crippen LogP contribution in [0.4, 0.5) is 0 Å². The molecule has 1 unspecified atom stereocenters. The SMILES string of the molecule is CCCCOC(=O)CC1CNCC[N]1. The van der Waals surface area contributed by atoms with Gasteiger partial charge in [-0.05, 0) is 6.42 Å². The first-order valence-corrected chi connectivity index (χ1v) is 5.36. The summed E-state index contributed by atoms with van der Waals surface area (Å²) in [6, 6.07) is 0.123. The molecule has 14 heavy (non-hydrogen) atoms. The van der Waals surface area contributed by atoms with E-state index in [2.05, 4.69) is 17.6 Å². The Hall–Kier alpha value is -0.610. The minimum atomic E-state index is -0.115. The molecule has 1 radical (unpaired) electrons. The van der Waals surface area contributed by atoms with Gasteiger partial charge in [0.25, 0.3) is 0 Å². The van der Waals surface area contributed by atoms with E-state index in [9.17, 15) is 4.79 Å². The third-order valence-electron chi connectivity index (χ3n) is 2.22. The van der Waals surface area contributed by atoms with Crippen LogP contribution >= 0.6 is 0 Å². The Labute approximate surface area is 85.4 Å². The maximum absolute atomic E-state index is 11.3. The molecule has 0 spiro atoms. The normalized spacial score (nSPS) is 21.9. The molecular formula is C10H19N2O2. The van der Waals surface area contributed by atoms with Crippen molar-refractivity contribution in [1.82, 2.24) is 10.6 Å². The average Bonchev–Trinajstić information content (AvgIpc) is 2.20. The van der Waals surface area contributed by atoms with E-state index >= 15 is 0 Å². The van der Waals surface area contributed by atoms with Crippen molar-refractivity contribution in [3.05, 3.63) is 0 Å². The summed E-state index contributed by atoms with van der Waals surface area (Å²) in [5.41, 5.74) is 0. The molecule has 0 aromatic rings. The molecule has 1 N–H and O–H groups in total. The van der Waals surface area contributed by atoms with Gasteiger partial charge >= 0.3 is 5.97 Å². The van der Waals surface area contributed by atoms with Crippen molar-refractivity contribution < 1.29 is 9.53 Å². The van der Waals surface area contributed by atoms with Gasteiger partial charge in [-0.3, -0.25) is 4.79 Å². The molecule has 4 heteroatoms. The van der Waals surface area contributed by atoms with Gasteiger partial charge in [-0.25, -0.2) is 5.32 Å². The monoisotopic (exact) mass is 199 g/mol. The second kappa shape index (κ2) is 6.79. The number of ether oxygens (including phenoxy) is 1. The molecular weight excluding hydrogens is 180 g/mol. The molecule has 0 saturated carbocycles. The van der Waals surface area contributed by atoms with Crippen molar-refractivity contribution in [3.8, 4) is 0 Å². The molecule has 1 saturated heterocycles. The number of rotatable bonds is 5. The number of carbonyl (C=O) groups is 1. The van der Waals surface area contributed by atoms with Crippen molar-refractivity contribution in [2.24, 2.45) is 0 Å². The van der Waals surface area contributed by atoms with Crippen molar-refractivity contribution in [2.45, 2.75) is 32.2 Å². The lowest BCUT2D eigenvalue weighted by Gasteiger charge is -2.21. The standard InChI is InChI=1S/C10H19N2O2/c1-2-3-6-14-10(13)7-9-8-11-4-5-12-9/h9,11H,2-8H2,1H3. The maximum atomic E-state index is 11.3. The van der Waals surface area contributed by atoms with Crippen molar-refractivity contribution >= 4 is 5.97 Å². The molecule has 1 rings (SSSR count). The van der Waals surface area contributed by atoms with Crippen LogP contribution in [0.15, 0.2) is 0 Å². The Morgan fingerprint density at radius 1 is 1.64 bits per heavy atom. The zero-order chi connectivity index (χ0) is 10.2. The van der Waals surface area contributed by atoms with Gasteiger partial charge in [-0.15, -0.1) is 0 Å². The number of esters is 1. The number of piperazine rings is 1. The largest absolute Gasteiger partial charge is 0.466 e. The summed E-state index contributed by atoms with van der Waals surface area (Å²) >= 11 is 0. The summed E-state index contributed by atoms with van der Waals surface area (Å²) in [7, 11) is 0. The quantitative estimate of drug-likeness (QED) is 0.511. The van der Waals surface area contributed by atoms with Gasteiger partial charge in [-0.2, -0.15) is 0 Å². The number of nitrogens with zero attached hydrogens (tertiary/aromatic N) is 1. The fraction of sp³-hybridized carbons (Fsp3) is 0.900. The first-order chi connectivity index (χ1) is 6.83. The highest BCUT2D eigenvalue weighted by Crippen LogP contribution is 1.99. The van der Waals surface area contributed by atoms with Gasteiger partial charge in [0, 0.05) is 25.7 Å². The van der Waals surface area contributed by atoms with Gasteiger partial charge in [-0.1, -0.05) is 13.3 Å². The highest BCUT2D eigenvalue weighted by molar-refractivity contribution is 5.70. The first-order valence-electron chi connectivity index (χ1n) is 5.36. The van der Waals surface area contributed by atoms with E-state index in [1.54, 1.807) is 0 Å². The lowest BCUT2D eigenvalue weighted by molar-refractivity contribution is -0.144. The van der Waals surface area contributed by atoms with Crippen LogP contribution in [0, 0.1) is 0 Å². The number of nitrogens with one attached hydrogen (secondary N) is 1. The lowest BCUT2D eigenvalue weighted by atomic mass is 10.2. The summed E-state index contributed by atoms with van der Waals surface area (Å²) in [5.74, 6) is -0.115. The molecule has 1 heterocycles. The predicted octanol–water partition coefficient (Wildman–Crippen LogP) is 0.296. The van der Waals surface area contributed by atoms with E-state index in [1.165, 1.54) is 0 Å². The van der Waals surface area contributed by atoms with Gasteiger partial charge in [0.1, 0.15) is 0 Å². The summed E-state index contributed by atoms with van der Waals surface area (Å²) in [6.07, 6.45) is 2.44. The fourth-order valence-corrected chi connectivity index (χ4v) is 1.38. The summed E-state index contributed by atoms with van der Waals surface area (Å²) in [5, 5.41) is 7.54. The van der Waals surface area contributed by atoms with Crippen LogP contribution in [0.3, 0.4) is 0 Å². The van der Waals surface area contributed by atoms with Crippen LogP contribution in [-0.4, -0.2) is 38.3 Å². The highest BCUT2D eigenvalue weighted by atomic mass is 16.5. The van der Waals surface area contributed by atoms with Crippen LogP contribution in [0.1, 0.15) is 26.2 Å². The Morgan fingerprint density at radius 3 is 3.14 bits per heavy atom. The molecule has 1 fully saturated rings. The van der Waals surface area contributed by atoms with Crippen LogP contribution in [0.25, 0.3) is 0 Å². The molecule has 0 bridgehead atoms. The topological polar surface area (TPSA) is 52.4 Å². The summed E-state index contributed by atoms with van der Waals surface area (Å²) in [6.45, 7) is 5.18. The van der Waals surface area contributed by atoms with Crippen LogP contribution in [-0.2, 0) is 9.53 Å². The zero-order valence-electron chi connectivity index (χ0n) is 8.79. The molecule has 1 atom stereocenters. The van der Waals surface area contributed by atoms with Crippen LogP contribution in [0.2, 0.25) is 0 Å². The molecule has 0 amide bonds. The Bertz CT molecular complexity index is 168. The smallest absolute Gasteiger partial charge is 0.307 e. The first kappa shape index (κ1) is 11.5. The molecule has 81 valence electrons. The fourth-order valence-electron chi connectivity index (χ4n) is 1.38. The molecule has 0 aliphatic carbocycles. The average molecular weight is 199 g/mol. The highest BCUT2D eigenvalue weighted by Gasteiger charge is 2.17. The van der Waals surface area contributed by atoms with Crippen molar-refractivity contribution in [3.63, 3.8) is 0 Å². The third kappa shape index (κ3) is 4.58. The van der Waals surface area contributed by atoms with Crippen LogP contribution < -0.4 is 10.6 Å². The Morgan fingerprint density at radius 2 is 2.50 bits per heavy atom. The van der Waals surface area contributed by atoms with Crippen LogP contribution in [0.5, 0.6) is 0 Å². The summed E-state index contributed by atoms with van der Waals surface area (Å²) in [4.78, 5) is 11.3. The van der Waals surface area contributed by atoms with E-state index < -0.39 is 0 Å². The van der Waals surface area contributed by atoms with Gasteiger partial charge in [0.05, 0.1) is 13.0 Å². The number of unbranched alkanes of at least 4 members (excludes halogenated alkanes) is 1. The second-order valence-corrected chi connectivity index (χ2v) is 3.54. The van der Waals surface area contributed by atoms with Crippen molar-refractivity contribution in [1.29, 1.82) is 0 Å². The number of carbonyl (C=O) groups excluding carboxylic acids is 1. The van der Waals surface area contributed by atoms with E-state index in [4.69, 9.17) is 4.74 Å². The predicted molar refractivity (Wildman–Crippen MR) is 54.1 cm³/mol. The van der Waals surface area contributed by atoms with E-state index in [-0.39, 0.29) is 12.0 Å². The van der Waals surface area contributed by atoms with E-state index in [0.29, 0.717) is 13.0 Å². The third-order valence-corrected chi connectivity index (χ3v) is 2.22. The lowest BCUT2D eigenvalue weighted by Crippen LogP contribution is -2.45. The summed E-state index contributed by atoms with van der Waals surface area (Å²) < 4.78 is 5.06. The molecule has 1 aliphatic heterocycles. The zero-order valence-corrected chi connectivity index (χ0v) is 8.79. The van der Waals surface area contributed by atoms with Gasteiger partial charge in [0.15, 0.2) is 0 Å². The van der Waals surface area contributed by atoms with E-state index in [1.807, 2.05) is 0 Å². The molecule has 1 aliphatic rings. The Balaban J connectivity index is 2.06. The number of hydrogen-bond acceptors (Lipinski definition) is 3. The van der Waals surface area contributed by atoms with Crippen molar-refractivity contribution in [2.75, 3.05) is 26.2 Å². The second-order valence-electron chi connectivity index (χ2n) is 3.54. The van der Waals surface area contributed by atoms with Gasteiger partial charge in [0.2, 0.25) is 0 Å². The van der Waals surface area contributed by atoms with E-state index in [0.717, 1.165) is 32.5 Å².